The molecule has 0 bridgehead atoms. The number of aromatic carboxylic acids is 1. The molecule has 146 valence electrons. The van der Waals surface area contributed by atoms with Crippen LogP contribution in [-0.2, 0) is 4.74 Å². The Labute approximate surface area is 161 Å². The minimum Gasteiger partial charge on any atom is -0.477 e. The molecule has 1 amide bonds. The first-order chi connectivity index (χ1) is 12.9. The van der Waals surface area contributed by atoms with Crippen LogP contribution in [0.5, 0.6) is 0 Å². The molecule has 2 atom stereocenters. The molecule has 0 unspecified atom stereocenters. The lowest BCUT2D eigenvalue weighted by atomic mass is 9.93. The molecular formula is C17H23N5O4S. The van der Waals surface area contributed by atoms with E-state index >= 15 is 0 Å². The molecule has 9 nitrogen and oxygen atoms in total. The Morgan fingerprint density at radius 1 is 1.44 bits per heavy atom. The van der Waals surface area contributed by atoms with Gasteiger partial charge in [0, 0.05) is 51.6 Å². The average Bonchev–Trinajstić information content (AvgIpc) is 3.30. The summed E-state index contributed by atoms with van der Waals surface area (Å²) >= 11 is 1.16. The normalized spacial score (nSPS) is 19.9. The summed E-state index contributed by atoms with van der Waals surface area (Å²) in [6, 6.07) is 0. The number of anilines is 1. The van der Waals surface area contributed by atoms with E-state index in [1.54, 1.807) is 25.3 Å². The molecule has 0 radical (unpaired) electrons. The van der Waals surface area contributed by atoms with Crippen molar-refractivity contribution in [2.24, 2.45) is 5.92 Å². The van der Waals surface area contributed by atoms with Crippen LogP contribution >= 0.6 is 11.3 Å². The maximum absolute atomic E-state index is 12.5. The molecule has 0 aliphatic carbocycles. The number of nitrogens with zero attached hydrogens (tertiary/aromatic N) is 4. The van der Waals surface area contributed by atoms with E-state index in [-0.39, 0.29) is 22.8 Å². The summed E-state index contributed by atoms with van der Waals surface area (Å²) in [6.45, 7) is 3.76. The summed E-state index contributed by atoms with van der Waals surface area (Å²) in [6.07, 6.45) is 3.75. The number of piperidine rings is 1. The van der Waals surface area contributed by atoms with Crippen molar-refractivity contribution in [3.05, 3.63) is 28.8 Å². The predicted octanol–water partition coefficient (Wildman–Crippen LogP) is 1.49. The quantitative estimate of drug-likeness (QED) is 0.765. The van der Waals surface area contributed by atoms with Crippen molar-refractivity contribution in [1.29, 1.82) is 0 Å². The molecule has 2 N–H and O–H groups in total. The van der Waals surface area contributed by atoms with Gasteiger partial charge in [-0.05, 0) is 13.3 Å². The first-order valence-electron chi connectivity index (χ1n) is 8.63. The highest BCUT2D eigenvalue weighted by molar-refractivity contribution is 7.17. The molecule has 0 aromatic carbocycles. The summed E-state index contributed by atoms with van der Waals surface area (Å²) in [5.41, 5.74) is 0.846. The Balaban J connectivity index is 1.62. The fourth-order valence-corrected chi connectivity index (χ4v) is 4.05. The number of hydrogen-bond acceptors (Lipinski definition) is 7. The molecule has 2 aromatic rings. The van der Waals surface area contributed by atoms with Gasteiger partial charge in [0.2, 0.25) is 0 Å². The van der Waals surface area contributed by atoms with Gasteiger partial charge in [-0.2, -0.15) is 0 Å². The highest BCUT2D eigenvalue weighted by atomic mass is 32.1. The van der Waals surface area contributed by atoms with Gasteiger partial charge in [-0.15, -0.1) is 0 Å². The van der Waals surface area contributed by atoms with Crippen LogP contribution in [0.25, 0.3) is 0 Å². The lowest BCUT2D eigenvalue weighted by Gasteiger charge is -2.39. The summed E-state index contributed by atoms with van der Waals surface area (Å²) in [7, 11) is 3.42. The number of carbonyl (C=O) groups excluding carboxylic acids is 1. The van der Waals surface area contributed by atoms with Gasteiger partial charge in [-0.1, -0.05) is 11.3 Å². The number of H-pyrrole nitrogens is 1. The number of thiazole rings is 1. The van der Waals surface area contributed by atoms with E-state index in [9.17, 15) is 9.59 Å². The third-order valence-electron chi connectivity index (χ3n) is 4.73. The first kappa shape index (κ1) is 19.3. The second-order valence-corrected chi connectivity index (χ2v) is 7.69. The third-order valence-corrected chi connectivity index (χ3v) is 5.78. The number of aromatic amines is 1. The fraction of sp³-hybridized carbons (Fsp3) is 0.529. The van der Waals surface area contributed by atoms with E-state index in [1.807, 2.05) is 11.8 Å². The number of hydrogen-bond donors (Lipinski definition) is 2. The van der Waals surface area contributed by atoms with Crippen LogP contribution < -0.4 is 4.90 Å². The minimum atomic E-state index is -0.967. The molecule has 1 aliphatic heterocycles. The summed E-state index contributed by atoms with van der Waals surface area (Å²) in [5, 5.41) is 9.75. The van der Waals surface area contributed by atoms with E-state index in [4.69, 9.17) is 9.84 Å². The van der Waals surface area contributed by atoms with Crippen molar-refractivity contribution in [3.8, 4) is 0 Å². The van der Waals surface area contributed by atoms with Gasteiger partial charge < -0.3 is 24.6 Å². The molecule has 0 saturated carbocycles. The topological polar surface area (TPSA) is 112 Å². The minimum absolute atomic E-state index is 0.0792. The number of rotatable bonds is 6. The number of aromatic nitrogens is 3. The summed E-state index contributed by atoms with van der Waals surface area (Å²) < 4.78 is 5.66. The van der Waals surface area contributed by atoms with Crippen LogP contribution in [0.4, 0.5) is 5.13 Å². The van der Waals surface area contributed by atoms with Crippen molar-refractivity contribution in [2.75, 3.05) is 38.7 Å². The number of methoxy groups -OCH3 is 1. The van der Waals surface area contributed by atoms with Crippen LogP contribution in [0, 0.1) is 12.8 Å². The maximum atomic E-state index is 12.5. The van der Waals surface area contributed by atoms with Crippen LogP contribution in [0.1, 0.15) is 32.4 Å². The molecule has 0 spiro atoms. The van der Waals surface area contributed by atoms with Crippen LogP contribution in [0.2, 0.25) is 0 Å². The first-order valence-corrected chi connectivity index (χ1v) is 9.44. The van der Waals surface area contributed by atoms with E-state index in [2.05, 4.69) is 15.0 Å². The van der Waals surface area contributed by atoms with Crippen molar-refractivity contribution >= 4 is 28.3 Å². The van der Waals surface area contributed by atoms with Gasteiger partial charge in [-0.25, -0.2) is 14.8 Å². The standard InChI is InChI=1S/C17H23N5O4S/c1-10-6-18-14(20-10)15(23)21(2)8-11-4-5-22(9-12(11)26-3)17-19-7-13(27-17)16(24)25/h6-7,11-12H,4-5,8-9H2,1-3H3,(H,18,20)(H,24,25)/t11-,12-/m0/s1. The van der Waals surface area contributed by atoms with Crippen molar-refractivity contribution in [1.82, 2.24) is 19.9 Å². The Hall–Kier alpha value is -2.46. The molecule has 3 heterocycles. The van der Waals surface area contributed by atoms with E-state index in [1.165, 1.54) is 6.20 Å². The zero-order valence-corrected chi connectivity index (χ0v) is 16.3. The molecule has 2 aromatic heterocycles. The van der Waals surface area contributed by atoms with Crippen LogP contribution in [0.3, 0.4) is 0 Å². The number of amides is 1. The third kappa shape index (κ3) is 4.28. The number of carboxylic acid groups (broad SMARTS) is 1. The van der Waals surface area contributed by atoms with Crippen molar-refractivity contribution in [2.45, 2.75) is 19.4 Å². The van der Waals surface area contributed by atoms with E-state index in [0.29, 0.717) is 24.0 Å². The Bertz CT molecular complexity index is 820. The molecule has 1 fully saturated rings. The van der Waals surface area contributed by atoms with Gasteiger partial charge >= 0.3 is 5.97 Å². The van der Waals surface area contributed by atoms with E-state index in [0.717, 1.165) is 30.0 Å². The van der Waals surface area contributed by atoms with Gasteiger partial charge in [0.05, 0.1) is 12.3 Å². The Morgan fingerprint density at radius 3 is 2.81 bits per heavy atom. The molecule has 3 rings (SSSR count). The highest BCUT2D eigenvalue weighted by Gasteiger charge is 2.32. The second kappa shape index (κ2) is 8.05. The summed E-state index contributed by atoms with van der Waals surface area (Å²) in [4.78, 5) is 38.8. The van der Waals surface area contributed by atoms with Gasteiger partial charge in [0.15, 0.2) is 11.0 Å². The smallest absolute Gasteiger partial charge is 0.347 e. The zero-order chi connectivity index (χ0) is 19.6. The molecule has 10 heteroatoms. The number of carboxylic acids is 1. The number of ether oxygens (including phenoxy) is 1. The fourth-order valence-electron chi connectivity index (χ4n) is 3.26. The number of carbonyl (C=O) groups is 2. The Kier molecular flexibility index (Phi) is 5.76. The SMILES string of the molecule is CO[C@H]1CN(c2ncc(C(=O)O)s2)CC[C@H]1CN(C)C(=O)c1ncc(C)[nH]1. The van der Waals surface area contributed by atoms with Gasteiger partial charge in [0.25, 0.3) is 5.91 Å². The van der Waals surface area contributed by atoms with Crippen molar-refractivity contribution < 1.29 is 19.4 Å². The molecule has 1 saturated heterocycles. The monoisotopic (exact) mass is 393 g/mol. The molecular weight excluding hydrogens is 370 g/mol. The van der Waals surface area contributed by atoms with Crippen LogP contribution in [0.15, 0.2) is 12.4 Å². The maximum Gasteiger partial charge on any atom is 0.347 e. The van der Waals surface area contributed by atoms with Gasteiger partial charge in [0.1, 0.15) is 4.88 Å². The number of aryl methyl sites for hydroxylation is 1. The van der Waals surface area contributed by atoms with Crippen LogP contribution in [-0.4, -0.2) is 76.7 Å². The largest absolute Gasteiger partial charge is 0.477 e. The zero-order valence-electron chi connectivity index (χ0n) is 15.5. The lowest BCUT2D eigenvalue weighted by molar-refractivity contribution is 0.0275. The molecule has 1 aliphatic rings. The lowest BCUT2D eigenvalue weighted by Crippen LogP contribution is -2.49. The molecule has 27 heavy (non-hydrogen) atoms. The highest BCUT2D eigenvalue weighted by Crippen LogP contribution is 2.29. The Morgan fingerprint density at radius 2 is 2.22 bits per heavy atom. The second-order valence-electron chi connectivity index (χ2n) is 6.68. The van der Waals surface area contributed by atoms with Crippen molar-refractivity contribution in [3.63, 3.8) is 0 Å². The van der Waals surface area contributed by atoms with E-state index < -0.39 is 5.97 Å². The number of imidazole rings is 1. The summed E-state index contributed by atoms with van der Waals surface area (Å²) in [5.74, 6) is -0.600. The average molecular weight is 393 g/mol. The predicted molar refractivity (Wildman–Crippen MR) is 100 cm³/mol. The number of nitrogens with one attached hydrogen (secondary N) is 1. The van der Waals surface area contributed by atoms with Gasteiger partial charge in [-0.3, -0.25) is 4.79 Å².